The summed E-state index contributed by atoms with van der Waals surface area (Å²) in [7, 11) is 0. The van der Waals surface area contributed by atoms with Crippen LogP contribution < -0.4 is 0 Å². The summed E-state index contributed by atoms with van der Waals surface area (Å²) in [6.45, 7) is 4.01. The molecule has 0 saturated heterocycles. The number of rotatable bonds is 49. The standard InChI is InChI=1S/C59H102O5/c1-3-5-7-9-11-13-14-15-16-17-18-19-20-21-22-23-24-25-26-27-28-29-30-31-32-33-34-35-36-37-38-39-40-41-42-43-44-46-48-50-52-54-59(62)64-57(55-60)56-63-58(61)53-51-49-47-45-12-10-8-6-4-2/h5,7,11,13,15-16,18-19,21-22,24-25,27-28,57,60H,3-4,6,8-10,12,14,17,20,23,26,29-56H2,1-2H3/b7-5-,13-11-,16-15-,19-18-,22-21-,25-24-,28-27-. The lowest BCUT2D eigenvalue weighted by molar-refractivity contribution is -0.161. The van der Waals surface area contributed by atoms with E-state index in [0.29, 0.717) is 12.8 Å². The van der Waals surface area contributed by atoms with Gasteiger partial charge in [-0.3, -0.25) is 9.59 Å². The van der Waals surface area contributed by atoms with Crippen molar-refractivity contribution >= 4 is 11.9 Å². The number of carbonyl (C=O) groups excluding carboxylic acids is 2. The number of hydrogen-bond donors (Lipinski definition) is 1. The van der Waals surface area contributed by atoms with Gasteiger partial charge in [-0.05, 0) is 70.6 Å². The van der Waals surface area contributed by atoms with Crippen LogP contribution in [0.4, 0.5) is 0 Å². The van der Waals surface area contributed by atoms with Crippen molar-refractivity contribution < 1.29 is 24.2 Å². The Morgan fingerprint density at radius 3 is 1.02 bits per heavy atom. The zero-order valence-corrected chi connectivity index (χ0v) is 42.0. The van der Waals surface area contributed by atoms with Crippen LogP contribution in [0.2, 0.25) is 0 Å². The maximum absolute atomic E-state index is 12.2. The number of unbranched alkanes of at least 4 members (excludes halogenated alkanes) is 27. The van der Waals surface area contributed by atoms with Gasteiger partial charge in [0.2, 0.25) is 0 Å². The molecule has 1 unspecified atom stereocenters. The summed E-state index contributed by atoms with van der Waals surface area (Å²) >= 11 is 0. The summed E-state index contributed by atoms with van der Waals surface area (Å²) < 4.78 is 10.6. The number of hydrogen-bond acceptors (Lipinski definition) is 5. The molecule has 1 N–H and O–H groups in total. The van der Waals surface area contributed by atoms with Crippen molar-refractivity contribution in [3.8, 4) is 0 Å². The van der Waals surface area contributed by atoms with Gasteiger partial charge in [0.15, 0.2) is 6.10 Å². The van der Waals surface area contributed by atoms with E-state index in [9.17, 15) is 14.7 Å². The minimum Gasteiger partial charge on any atom is -0.462 e. The Balaban J connectivity index is 3.43. The van der Waals surface area contributed by atoms with Crippen LogP contribution >= 0.6 is 0 Å². The van der Waals surface area contributed by atoms with Crippen molar-refractivity contribution in [2.45, 2.75) is 264 Å². The predicted molar refractivity (Wildman–Crippen MR) is 279 cm³/mol. The minimum absolute atomic E-state index is 0.0633. The summed E-state index contributed by atoms with van der Waals surface area (Å²) in [4.78, 5) is 24.3. The molecule has 0 aliphatic carbocycles. The number of ether oxygens (including phenoxy) is 2. The number of aliphatic hydroxyl groups excluding tert-OH is 1. The van der Waals surface area contributed by atoms with Crippen LogP contribution in [0.15, 0.2) is 85.1 Å². The van der Waals surface area contributed by atoms with E-state index < -0.39 is 6.10 Å². The fourth-order valence-electron chi connectivity index (χ4n) is 7.65. The van der Waals surface area contributed by atoms with Gasteiger partial charge in [0.25, 0.3) is 0 Å². The van der Waals surface area contributed by atoms with Gasteiger partial charge >= 0.3 is 11.9 Å². The normalized spacial score (nSPS) is 12.9. The molecule has 64 heavy (non-hydrogen) atoms. The van der Waals surface area contributed by atoms with Gasteiger partial charge in [-0.2, -0.15) is 0 Å². The van der Waals surface area contributed by atoms with Crippen molar-refractivity contribution in [1.82, 2.24) is 0 Å². The molecule has 0 aromatic rings. The van der Waals surface area contributed by atoms with Crippen LogP contribution in [0.25, 0.3) is 0 Å². The molecule has 0 fully saturated rings. The average Bonchev–Trinajstić information content (AvgIpc) is 3.30. The third-order valence-corrected chi connectivity index (χ3v) is 11.7. The average molecular weight is 891 g/mol. The van der Waals surface area contributed by atoms with Crippen molar-refractivity contribution in [2.24, 2.45) is 0 Å². The zero-order chi connectivity index (χ0) is 46.3. The second-order valence-corrected chi connectivity index (χ2v) is 17.9. The maximum atomic E-state index is 12.2. The van der Waals surface area contributed by atoms with Crippen LogP contribution in [-0.2, 0) is 19.1 Å². The molecule has 0 saturated carbocycles. The maximum Gasteiger partial charge on any atom is 0.306 e. The molecule has 0 rings (SSSR count). The minimum atomic E-state index is -0.768. The Morgan fingerprint density at radius 1 is 0.375 bits per heavy atom. The molecular formula is C59H102O5. The molecule has 5 heteroatoms. The molecule has 368 valence electrons. The van der Waals surface area contributed by atoms with E-state index in [0.717, 1.165) is 83.5 Å². The molecule has 1 atom stereocenters. The van der Waals surface area contributed by atoms with Gasteiger partial charge in [-0.1, -0.05) is 259 Å². The molecule has 5 nitrogen and oxygen atoms in total. The second kappa shape index (κ2) is 54.4. The first kappa shape index (κ1) is 61.1. The van der Waals surface area contributed by atoms with E-state index in [2.05, 4.69) is 98.9 Å². The Bertz CT molecular complexity index is 1190. The van der Waals surface area contributed by atoms with Gasteiger partial charge in [0.05, 0.1) is 6.61 Å². The van der Waals surface area contributed by atoms with Crippen molar-refractivity contribution in [2.75, 3.05) is 13.2 Å². The summed E-state index contributed by atoms with van der Waals surface area (Å²) in [6.07, 6.45) is 75.8. The third kappa shape index (κ3) is 51.7. The zero-order valence-electron chi connectivity index (χ0n) is 42.0. The van der Waals surface area contributed by atoms with E-state index in [4.69, 9.17) is 9.47 Å². The van der Waals surface area contributed by atoms with Gasteiger partial charge in [-0.25, -0.2) is 0 Å². The lowest BCUT2D eigenvalue weighted by Gasteiger charge is -2.15. The van der Waals surface area contributed by atoms with E-state index in [1.807, 2.05) is 0 Å². The second-order valence-electron chi connectivity index (χ2n) is 17.9. The van der Waals surface area contributed by atoms with Gasteiger partial charge in [0.1, 0.15) is 6.61 Å². The third-order valence-electron chi connectivity index (χ3n) is 11.7. The molecular weight excluding hydrogens is 789 g/mol. The van der Waals surface area contributed by atoms with Crippen molar-refractivity contribution in [1.29, 1.82) is 0 Å². The molecule has 0 aromatic carbocycles. The fourth-order valence-corrected chi connectivity index (χ4v) is 7.65. The van der Waals surface area contributed by atoms with E-state index in [1.165, 1.54) is 148 Å². The van der Waals surface area contributed by atoms with Gasteiger partial charge in [0, 0.05) is 12.8 Å². The van der Waals surface area contributed by atoms with Crippen molar-refractivity contribution in [3.05, 3.63) is 85.1 Å². The Hall–Kier alpha value is -2.92. The highest BCUT2D eigenvalue weighted by Gasteiger charge is 2.16. The van der Waals surface area contributed by atoms with Crippen LogP contribution in [0.5, 0.6) is 0 Å². The Kier molecular flexibility index (Phi) is 51.9. The first-order valence-electron chi connectivity index (χ1n) is 27.1. The highest BCUT2D eigenvalue weighted by atomic mass is 16.6. The topological polar surface area (TPSA) is 72.8 Å². The molecule has 0 heterocycles. The number of aliphatic hydroxyl groups is 1. The quantitative estimate of drug-likeness (QED) is 0.0374. The summed E-state index contributed by atoms with van der Waals surface area (Å²) in [6, 6.07) is 0. The molecule has 0 amide bonds. The molecule has 0 aliphatic heterocycles. The van der Waals surface area contributed by atoms with Crippen LogP contribution in [0.1, 0.15) is 258 Å². The lowest BCUT2D eigenvalue weighted by Crippen LogP contribution is -2.28. The first-order valence-corrected chi connectivity index (χ1v) is 27.1. The molecule has 0 radical (unpaired) electrons. The summed E-state index contributed by atoms with van der Waals surface area (Å²) in [5, 5.41) is 9.58. The van der Waals surface area contributed by atoms with E-state index in [1.54, 1.807) is 0 Å². The van der Waals surface area contributed by atoms with E-state index in [-0.39, 0.29) is 25.2 Å². The van der Waals surface area contributed by atoms with Crippen molar-refractivity contribution in [3.63, 3.8) is 0 Å². The van der Waals surface area contributed by atoms with Gasteiger partial charge in [-0.15, -0.1) is 0 Å². The number of allylic oxidation sites excluding steroid dienone is 14. The number of esters is 2. The van der Waals surface area contributed by atoms with E-state index >= 15 is 0 Å². The molecule has 0 bridgehead atoms. The SMILES string of the molecule is CC/C=C\C/C=C\C/C=C\C/C=C\C/C=C\C/C=C\C/C=C\CCCCCCCCCCCCCCCCCCCCCC(=O)OC(CO)COC(=O)CCCCCCCCCCC. The number of carbonyl (C=O) groups is 2. The first-order chi connectivity index (χ1) is 31.6. The Morgan fingerprint density at radius 2 is 0.672 bits per heavy atom. The Labute approximate surface area is 396 Å². The largest absolute Gasteiger partial charge is 0.462 e. The highest BCUT2D eigenvalue weighted by Crippen LogP contribution is 2.16. The van der Waals surface area contributed by atoms with Crippen LogP contribution in [0, 0.1) is 0 Å². The summed E-state index contributed by atoms with van der Waals surface area (Å²) in [5.41, 5.74) is 0. The summed E-state index contributed by atoms with van der Waals surface area (Å²) in [5.74, 6) is -0.586. The predicted octanol–water partition coefficient (Wildman–Crippen LogP) is 18.2. The molecule has 0 spiro atoms. The van der Waals surface area contributed by atoms with Crippen LogP contribution in [0.3, 0.4) is 0 Å². The molecule has 0 aliphatic rings. The molecule has 0 aromatic heterocycles. The monoisotopic (exact) mass is 891 g/mol. The lowest BCUT2D eigenvalue weighted by atomic mass is 10.0. The van der Waals surface area contributed by atoms with Gasteiger partial charge < -0.3 is 14.6 Å². The van der Waals surface area contributed by atoms with Crippen LogP contribution in [-0.4, -0.2) is 36.4 Å². The highest BCUT2D eigenvalue weighted by molar-refractivity contribution is 5.70. The smallest absolute Gasteiger partial charge is 0.306 e. The fraction of sp³-hybridized carbons (Fsp3) is 0.729.